The monoisotopic (exact) mass is 312 g/mol. The molecule has 1 aliphatic rings. The van der Waals surface area contributed by atoms with Crippen molar-refractivity contribution in [1.82, 2.24) is 4.90 Å². The number of aryl methyl sites for hydroxylation is 1. The smallest absolute Gasteiger partial charge is 0.153 e. The molecule has 1 saturated heterocycles. The van der Waals surface area contributed by atoms with E-state index < -0.39 is 9.84 Å². The van der Waals surface area contributed by atoms with Crippen molar-refractivity contribution in [2.24, 2.45) is 5.73 Å². The molecular formula is C14H20N2O2S2. The van der Waals surface area contributed by atoms with Gasteiger partial charge in [0.25, 0.3) is 0 Å². The van der Waals surface area contributed by atoms with Gasteiger partial charge < -0.3 is 5.73 Å². The minimum atomic E-state index is -2.86. The van der Waals surface area contributed by atoms with E-state index in [1.807, 2.05) is 32.0 Å². The maximum Gasteiger partial charge on any atom is 0.153 e. The minimum absolute atomic E-state index is 0.0587. The van der Waals surface area contributed by atoms with Crippen LogP contribution in [0.3, 0.4) is 0 Å². The molecule has 1 unspecified atom stereocenters. The summed E-state index contributed by atoms with van der Waals surface area (Å²) in [5, 5.41) is 0. The normalized spacial score (nSPS) is 22.6. The van der Waals surface area contributed by atoms with Crippen molar-refractivity contribution in [3.05, 3.63) is 34.9 Å². The van der Waals surface area contributed by atoms with E-state index in [-0.39, 0.29) is 17.5 Å². The predicted octanol–water partition coefficient (Wildman–Crippen LogP) is 1.25. The molecule has 1 heterocycles. The van der Waals surface area contributed by atoms with E-state index in [1.165, 1.54) is 5.56 Å². The Kier molecular flexibility index (Phi) is 4.46. The maximum atomic E-state index is 11.6. The van der Waals surface area contributed by atoms with E-state index in [0.717, 1.165) is 17.7 Å². The summed E-state index contributed by atoms with van der Waals surface area (Å²) >= 11 is 4.97. The number of hydrogen-bond donors (Lipinski definition) is 1. The molecular weight excluding hydrogens is 292 g/mol. The highest BCUT2D eigenvalue weighted by atomic mass is 32.2. The third-order valence-electron chi connectivity index (χ3n) is 3.81. The topological polar surface area (TPSA) is 63.4 Å². The fourth-order valence-electron chi connectivity index (χ4n) is 2.51. The van der Waals surface area contributed by atoms with Gasteiger partial charge in [0.1, 0.15) is 4.99 Å². The fourth-order valence-corrected chi connectivity index (χ4v) is 4.27. The minimum Gasteiger partial charge on any atom is -0.389 e. The van der Waals surface area contributed by atoms with Crippen molar-refractivity contribution in [2.75, 3.05) is 18.1 Å². The molecule has 20 heavy (non-hydrogen) atoms. The summed E-state index contributed by atoms with van der Waals surface area (Å²) in [5.41, 5.74) is 8.82. The Morgan fingerprint density at radius 3 is 2.75 bits per heavy atom. The summed E-state index contributed by atoms with van der Waals surface area (Å²) in [5.74, 6) is 0.498. The number of benzene rings is 1. The Bertz CT molecular complexity index is 626. The van der Waals surface area contributed by atoms with Gasteiger partial charge in [-0.05, 0) is 31.0 Å². The molecule has 1 aliphatic heterocycles. The van der Waals surface area contributed by atoms with E-state index in [2.05, 4.69) is 4.90 Å². The summed E-state index contributed by atoms with van der Waals surface area (Å²) in [7, 11) is -2.86. The molecule has 0 aromatic heterocycles. The van der Waals surface area contributed by atoms with Gasteiger partial charge in [-0.15, -0.1) is 0 Å². The lowest BCUT2D eigenvalue weighted by atomic mass is 10.0. The first-order valence-electron chi connectivity index (χ1n) is 6.62. The summed E-state index contributed by atoms with van der Waals surface area (Å²) in [6.45, 7) is 5.36. The zero-order chi connectivity index (χ0) is 14.9. The van der Waals surface area contributed by atoms with Crippen LogP contribution >= 0.6 is 12.2 Å². The van der Waals surface area contributed by atoms with Crippen molar-refractivity contribution >= 4 is 27.0 Å². The van der Waals surface area contributed by atoms with Crippen LogP contribution in [0.25, 0.3) is 0 Å². The van der Waals surface area contributed by atoms with Crippen molar-refractivity contribution in [2.45, 2.75) is 26.4 Å². The second-order valence-electron chi connectivity index (χ2n) is 5.44. The van der Waals surface area contributed by atoms with Gasteiger partial charge in [-0.1, -0.05) is 24.4 Å². The molecule has 0 spiro atoms. The highest BCUT2D eigenvalue weighted by molar-refractivity contribution is 7.91. The molecule has 6 heteroatoms. The molecule has 0 radical (unpaired) electrons. The van der Waals surface area contributed by atoms with Crippen LogP contribution in [-0.2, 0) is 16.4 Å². The summed E-state index contributed by atoms with van der Waals surface area (Å²) < 4.78 is 23.2. The van der Waals surface area contributed by atoms with Crippen LogP contribution in [0.1, 0.15) is 23.6 Å². The van der Waals surface area contributed by atoms with Crippen LogP contribution in [0.15, 0.2) is 18.2 Å². The lowest BCUT2D eigenvalue weighted by Crippen LogP contribution is -2.46. The van der Waals surface area contributed by atoms with Gasteiger partial charge in [0.15, 0.2) is 9.84 Å². The molecule has 0 bridgehead atoms. The Morgan fingerprint density at radius 1 is 1.50 bits per heavy atom. The van der Waals surface area contributed by atoms with Crippen molar-refractivity contribution in [3.8, 4) is 0 Å². The zero-order valence-electron chi connectivity index (χ0n) is 11.8. The molecule has 2 N–H and O–H groups in total. The molecule has 4 nitrogen and oxygen atoms in total. The number of sulfone groups is 1. The quantitative estimate of drug-likeness (QED) is 0.851. The highest BCUT2D eigenvalue weighted by Crippen LogP contribution is 2.18. The van der Waals surface area contributed by atoms with Crippen LogP contribution in [0, 0.1) is 6.92 Å². The van der Waals surface area contributed by atoms with Gasteiger partial charge >= 0.3 is 0 Å². The van der Waals surface area contributed by atoms with Crippen molar-refractivity contribution in [3.63, 3.8) is 0 Å². The first-order valence-corrected chi connectivity index (χ1v) is 8.85. The Hall–Kier alpha value is -0.980. The second-order valence-corrected chi connectivity index (χ2v) is 8.11. The fraction of sp³-hybridized carbons (Fsp3) is 0.500. The molecule has 1 atom stereocenters. The van der Waals surface area contributed by atoms with Crippen LogP contribution in [0.5, 0.6) is 0 Å². The molecule has 2 rings (SSSR count). The Morgan fingerprint density at radius 2 is 2.20 bits per heavy atom. The number of hydrogen-bond acceptors (Lipinski definition) is 4. The molecule has 110 valence electrons. The van der Waals surface area contributed by atoms with E-state index in [1.54, 1.807) is 0 Å². The van der Waals surface area contributed by atoms with Gasteiger partial charge in [-0.2, -0.15) is 0 Å². The maximum absolute atomic E-state index is 11.6. The first-order chi connectivity index (χ1) is 9.28. The number of thiocarbonyl (C=S) groups is 1. The lowest BCUT2D eigenvalue weighted by Gasteiger charge is -2.33. The van der Waals surface area contributed by atoms with E-state index in [9.17, 15) is 8.42 Å². The first kappa shape index (κ1) is 15.4. The third-order valence-corrected chi connectivity index (χ3v) is 5.84. The van der Waals surface area contributed by atoms with Crippen LogP contribution < -0.4 is 5.73 Å². The van der Waals surface area contributed by atoms with Gasteiger partial charge in [0, 0.05) is 24.7 Å². The average Bonchev–Trinajstić information content (AvgIpc) is 2.33. The SMILES string of the molecule is Cc1cc(C(N)=S)ccc1CN1CCS(=O)(=O)CC1C. The second kappa shape index (κ2) is 5.79. The average molecular weight is 312 g/mol. The summed E-state index contributed by atoms with van der Waals surface area (Å²) in [6.07, 6.45) is 0. The van der Waals surface area contributed by atoms with Gasteiger partial charge in [0.2, 0.25) is 0 Å². The molecule has 0 aliphatic carbocycles. The van der Waals surface area contributed by atoms with E-state index in [0.29, 0.717) is 11.5 Å². The van der Waals surface area contributed by atoms with Crippen LogP contribution in [0.4, 0.5) is 0 Å². The summed E-state index contributed by atoms with van der Waals surface area (Å²) in [4.78, 5) is 2.61. The van der Waals surface area contributed by atoms with Crippen LogP contribution in [-0.4, -0.2) is 42.4 Å². The standard InChI is InChI=1S/C14H20N2O2S2/c1-10-7-12(14(15)19)3-4-13(10)8-16-5-6-20(17,18)9-11(16)2/h3-4,7,11H,5-6,8-9H2,1-2H3,(H2,15,19). The largest absolute Gasteiger partial charge is 0.389 e. The molecule has 1 aromatic carbocycles. The molecule has 1 fully saturated rings. The Labute approximate surface area is 125 Å². The zero-order valence-corrected chi connectivity index (χ0v) is 13.4. The number of rotatable bonds is 3. The van der Waals surface area contributed by atoms with Gasteiger partial charge in [0.05, 0.1) is 11.5 Å². The Balaban J connectivity index is 2.13. The van der Waals surface area contributed by atoms with E-state index in [4.69, 9.17) is 18.0 Å². The van der Waals surface area contributed by atoms with Crippen molar-refractivity contribution < 1.29 is 8.42 Å². The van der Waals surface area contributed by atoms with E-state index >= 15 is 0 Å². The number of nitrogens with two attached hydrogens (primary N) is 1. The van der Waals surface area contributed by atoms with Gasteiger partial charge in [-0.25, -0.2) is 8.42 Å². The highest BCUT2D eigenvalue weighted by Gasteiger charge is 2.28. The lowest BCUT2D eigenvalue weighted by molar-refractivity contribution is 0.218. The predicted molar refractivity (Wildman–Crippen MR) is 85.6 cm³/mol. The van der Waals surface area contributed by atoms with Gasteiger partial charge in [-0.3, -0.25) is 4.90 Å². The summed E-state index contributed by atoms with van der Waals surface area (Å²) in [6, 6.07) is 6.00. The molecule has 1 aromatic rings. The van der Waals surface area contributed by atoms with Crippen molar-refractivity contribution in [1.29, 1.82) is 0 Å². The number of nitrogens with zero attached hydrogens (tertiary/aromatic N) is 1. The third kappa shape index (κ3) is 3.56. The molecule has 0 amide bonds. The molecule has 0 saturated carbocycles. The van der Waals surface area contributed by atoms with Crippen LogP contribution in [0.2, 0.25) is 0 Å².